The van der Waals surface area contributed by atoms with Gasteiger partial charge in [-0.2, -0.15) is 0 Å². The molecule has 0 aliphatic carbocycles. The number of nitrogens with two attached hydrogens (primary N) is 1. The number of amides is 1. The number of hydrogen-bond acceptors (Lipinski definition) is 4. The minimum atomic E-state index is -0.384. The van der Waals surface area contributed by atoms with Crippen molar-refractivity contribution in [3.8, 4) is 5.75 Å². The second-order valence-corrected chi connectivity index (χ2v) is 6.76. The lowest BCUT2D eigenvalue weighted by Crippen LogP contribution is -2.54. The predicted octanol–water partition coefficient (Wildman–Crippen LogP) is 3.08. The highest BCUT2D eigenvalue weighted by molar-refractivity contribution is 6.32. The molecule has 0 bridgehead atoms. The largest absolute Gasteiger partial charge is 0.491 e. The van der Waals surface area contributed by atoms with Gasteiger partial charge >= 0.3 is 0 Å². The van der Waals surface area contributed by atoms with Crippen LogP contribution in [-0.4, -0.2) is 61.1 Å². The molecule has 26 heavy (non-hydrogen) atoms. The highest BCUT2D eigenvalue weighted by Crippen LogP contribution is 2.22. The van der Waals surface area contributed by atoms with E-state index in [0.29, 0.717) is 17.4 Å². The molecule has 1 heterocycles. The minimum Gasteiger partial charge on any atom is -0.491 e. The summed E-state index contributed by atoms with van der Waals surface area (Å²) in [6.07, 6.45) is 0.923. The Morgan fingerprint density at radius 3 is 2.42 bits per heavy atom. The third kappa shape index (κ3) is 7.12. The third-order valence-electron chi connectivity index (χ3n) is 4.73. The van der Waals surface area contributed by atoms with E-state index in [4.69, 9.17) is 22.1 Å². The van der Waals surface area contributed by atoms with E-state index in [1.165, 1.54) is 0 Å². The zero-order valence-electron chi connectivity index (χ0n) is 15.4. The molecule has 1 fully saturated rings. The topological polar surface area (TPSA) is 58.8 Å². The molecule has 2 atom stereocenters. The lowest BCUT2D eigenvalue weighted by Gasteiger charge is -2.36. The molecule has 2 unspecified atom stereocenters. The van der Waals surface area contributed by atoms with Gasteiger partial charge < -0.3 is 15.4 Å². The molecule has 2 N–H and O–H groups in total. The second-order valence-electron chi connectivity index (χ2n) is 6.36. The van der Waals surface area contributed by atoms with Crippen LogP contribution in [0.25, 0.3) is 0 Å². The Balaban J connectivity index is 0.00000312. The van der Waals surface area contributed by atoms with Crippen LogP contribution in [0, 0.1) is 5.92 Å². The van der Waals surface area contributed by atoms with E-state index >= 15 is 0 Å². The molecule has 5 nitrogen and oxygen atoms in total. The van der Waals surface area contributed by atoms with Crippen molar-refractivity contribution in [2.45, 2.75) is 26.3 Å². The highest BCUT2D eigenvalue weighted by Gasteiger charge is 2.27. The Kier molecular flexibility index (Phi) is 12.3. The van der Waals surface area contributed by atoms with Crippen molar-refractivity contribution in [2.75, 3.05) is 39.3 Å². The number of nitrogens with zero attached hydrogens (tertiary/aromatic N) is 2. The van der Waals surface area contributed by atoms with E-state index in [-0.39, 0.29) is 42.7 Å². The first-order valence-electron chi connectivity index (χ1n) is 8.67. The smallest absolute Gasteiger partial charge is 0.239 e. The summed E-state index contributed by atoms with van der Waals surface area (Å²) in [5, 5.41) is 0.631. The summed E-state index contributed by atoms with van der Waals surface area (Å²) in [5.74, 6) is 1.02. The van der Waals surface area contributed by atoms with E-state index in [0.717, 1.165) is 39.1 Å². The van der Waals surface area contributed by atoms with Gasteiger partial charge in [-0.05, 0) is 18.1 Å². The maximum atomic E-state index is 12.4. The molecular formula is C18H30Cl3N3O2. The van der Waals surface area contributed by atoms with Gasteiger partial charge in [0.05, 0.1) is 11.1 Å². The lowest BCUT2D eigenvalue weighted by atomic mass is 9.98. The van der Waals surface area contributed by atoms with Gasteiger partial charge in [0.1, 0.15) is 12.4 Å². The third-order valence-corrected chi connectivity index (χ3v) is 5.04. The standard InChI is InChI=1S/C18H28ClN3O2.2ClH/c1-3-14(2)17(20)18(23)22-10-8-21(9-11-22)12-13-24-16-7-5-4-6-15(16)19;;/h4-7,14,17H,3,8-13,20H2,1-2H3;2*1H. The number of halogens is 3. The van der Waals surface area contributed by atoms with E-state index in [1.807, 2.05) is 36.1 Å². The molecule has 150 valence electrons. The lowest BCUT2D eigenvalue weighted by molar-refractivity contribution is -0.135. The predicted molar refractivity (Wildman–Crippen MR) is 112 cm³/mol. The van der Waals surface area contributed by atoms with E-state index in [1.54, 1.807) is 0 Å². The Morgan fingerprint density at radius 2 is 1.85 bits per heavy atom. The number of carbonyl (C=O) groups is 1. The summed E-state index contributed by atoms with van der Waals surface area (Å²) in [5.41, 5.74) is 6.06. The van der Waals surface area contributed by atoms with Crippen LogP contribution in [0.4, 0.5) is 0 Å². The molecule has 1 aliphatic heterocycles. The fourth-order valence-corrected chi connectivity index (χ4v) is 2.94. The number of benzene rings is 1. The van der Waals surface area contributed by atoms with Gasteiger partial charge in [-0.25, -0.2) is 0 Å². The number of hydrogen-bond donors (Lipinski definition) is 1. The van der Waals surface area contributed by atoms with E-state index < -0.39 is 0 Å². The Morgan fingerprint density at radius 1 is 1.23 bits per heavy atom. The first kappa shape index (κ1) is 25.3. The zero-order valence-corrected chi connectivity index (χ0v) is 17.8. The van der Waals surface area contributed by atoms with Crippen molar-refractivity contribution in [2.24, 2.45) is 11.7 Å². The van der Waals surface area contributed by atoms with Crippen molar-refractivity contribution >= 4 is 42.3 Å². The quantitative estimate of drug-likeness (QED) is 0.728. The van der Waals surface area contributed by atoms with Crippen LogP contribution in [0.15, 0.2) is 24.3 Å². The summed E-state index contributed by atoms with van der Waals surface area (Å²) >= 11 is 6.07. The molecule has 2 rings (SSSR count). The van der Waals surface area contributed by atoms with Crippen LogP contribution >= 0.6 is 36.4 Å². The summed E-state index contributed by atoms with van der Waals surface area (Å²) < 4.78 is 5.72. The van der Waals surface area contributed by atoms with E-state index in [9.17, 15) is 4.79 Å². The normalized spacial score (nSPS) is 16.8. The average molecular weight is 427 g/mol. The van der Waals surface area contributed by atoms with Crippen molar-refractivity contribution in [1.29, 1.82) is 0 Å². The molecule has 1 aromatic rings. The summed E-state index contributed by atoms with van der Waals surface area (Å²) in [6, 6.07) is 7.10. The molecule has 1 aromatic carbocycles. The van der Waals surface area contributed by atoms with Crippen molar-refractivity contribution in [3.63, 3.8) is 0 Å². The molecule has 0 spiro atoms. The van der Waals surface area contributed by atoms with Crippen molar-refractivity contribution in [3.05, 3.63) is 29.3 Å². The molecule has 0 saturated carbocycles. The number of piperazine rings is 1. The Bertz CT molecular complexity index is 540. The highest BCUT2D eigenvalue weighted by atomic mass is 35.5. The Labute approximate surface area is 174 Å². The first-order valence-corrected chi connectivity index (χ1v) is 9.04. The summed E-state index contributed by atoms with van der Waals surface area (Å²) in [4.78, 5) is 16.6. The van der Waals surface area contributed by atoms with Crippen molar-refractivity contribution < 1.29 is 9.53 Å². The molecular weight excluding hydrogens is 397 g/mol. The minimum absolute atomic E-state index is 0. The maximum absolute atomic E-state index is 12.4. The molecule has 0 aromatic heterocycles. The van der Waals surface area contributed by atoms with Crippen LogP contribution in [0.1, 0.15) is 20.3 Å². The molecule has 0 radical (unpaired) electrons. The monoisotopic (exact) mass is 425 g/mol. The van der Waals surface area contributed by atoms with Crippen LogP contribution < -0.4 is 10.5 Å². The van der Waals surface area contributed by atoms with Gasteiger partial charge in [0.15, 0.2) is 0 Å². The number of carbonyl (C=O) groups excluding carboxylic acids is 1. The first-order chi connectivity index (χ1) is 11.5. The van der Waals surface area contributed by atoms with Gasteiger partial charge in [-0.15, -0.1) is 24.8 Å². The SMILES string of the molecule is CCC(C)C(N)C(=O)N1CCN(CCOc2ccccc2Cl)CC1.Cl.Cl. The van der Waals surface area contributed by atoms with Crippen LogP contribution in [0.2, 0.25) is 5.02 Å². The molecule has 1 saturated heterocycles. The number of ether oxygens (including phenoxy) is 1. The van der Waals surface area contributed by atoms with Gasteiger partial charge in [-0.1, -0.05) is 44.0 Å². The molecule has 1 aliphatic rings. The van der Waals surface area contributed by atoms with Crippen LogP contribution in [-0.2, 0) is 4.79 Å². The van der Waals surface area contributed by atoms with Gasteiger partial charge in [0.25, 0.3) is 0 Å². The maximum Gasteiger partial charge on any atom is 0.239 e. The number of para-hydroxylation sites is 1. The fourth-order valence-electron chi connectivity index (χ4n) is 2.75. The molecule has 1 amide bonds. The van der Waals surface area contributed by atoms with Gasteiger partial charge in [-0.3, -0.25) is 9.69 Å². The zero-order chi connectivity index (χ0) is 17.5. The van der Waals surface area contributed by atoms with Crippen LogP contribution in [0.5, 0.6) is 5.75 Å². The molecule has 8 heteroatoms. The van der Waals surface area contributed by atoms with E-state index in [2.05, 4.69) is 11.8 Å². The van der Waals surface area contributed by atoms with Gasteiger partial charge in [0, 0.05) is 32.7 Å². The second kappa shape index (κ2) is 12.6. The van der Waals surface area contributed by atoms with Crippen molar-refractivity contribution in [1.82, 2.24) is 9.80 Å². The Hall–Kier alpha value is -0.720. The summed E-state index contributed by atoms with van der Waals surface area (Å²) in [6.45, 7) is 8.67. The van der Waals surface area contributed by atoms with Gasteiger partial charge in [0.2, 0.25) is 5.91 Å². The summed E-state index contributed by atoms with van der Waals surface area (Å²) in [7, 11) is 0. The fraction of sp³-hybridized carbons (Fsp3) is 0.611. The van der Waals surface area contributed by atoms with Crippen LogP contribution in [0.3, 0.4) is 0 Å². The average Bonchev–Trinajstić information content (AvgIpc) is 2.62. The number of rotatable bonds is 7.